The second-order valence-corrected chi connectivity index (χ2v) is 3.13. The Bertz CT molecular complexity index is 402. The summed E-state index contributed by atoms with van der Waals surface area (Å²) in [4.78, 5) is 10.7. The van der Waals surface area contributed by atoms with Gasteiger partial charge in [0.25, 0.3) is 0 Å². The highest BCUT2D eigenvalue weighted by molar-refractivity contribution is 5.80. The van der Waals surface area contributed by atoms with E-state index in [4.69, 9.17) is 15.3 Å². The van der Waals surface area contributed by atoms with Crippen molar-refractivity contribution in [3.05, 3.63) is 29.3 Å². The van der Waals surface area contributed by atoms with Gasteiger partial charge in [-0.1, -0.05) is 0 Å². The Kier molecular flexibility index (Phi) is 4.32. The lowest BCUT2D eigenvalue weighted by atomic mass is 10.1. The average Bonchev–Trinajstić information content (AvgIpc) is 2.27. The van der Waals surface area contributed by atoms with Crippen LogP contribution in [0.25, 0.3) is 0 Å². The molecule has 0 amide bonds. The van der Waals surface area contributed by atoms with E-state index in [2.05, 4.69) is 5.10 Å². The first-order valence-electron chi connectivity index (χ1n) is 4.71. The first kappa shape index (κ1) is 12.0. The molecule has 1 rings (SSSR count). The van der Waals surface area contributed by atoms with Crippen molar-refractivity contribution in [1.29, 1.82) is 0 Å². The zero-order chi connectivity index (χ0) is 12.0. The van der Waals surface area contributed by atoms with Crippen LogP contribution in [0.15, 0.2) is 23.3 Å². The Balaban J connectivity index is 2.92. The molecule has 0 aliphatic carbocycles. The van der Waals surface area contributed by atoms with E-state index >= 15 is 0 Å². The van der Waals surface area contributed by atoms with Crippen molar-refractivity contribution in [2.75, 3.05) is 7.11 Å². The normalized spacial score (nSPS) is 10.4. The molecule has 1 aromatic rings. The number of hydrogen-bond acceptors (Lipinski definition) is 5. The van der Waals surface area contributed by atoms with E-state index in [0.29, 0.717) is 5.75 Å². The van der Waals surface area contributed by atoms with Gasteiger partial charge in [0.1, 0.15) is 12.4 Å². The molecule has 0 aliphatic heterocycles. The van der Waals surface area contributed by atoms with Gasteiger partial charge in [0, 0.05) is 12.5 Å². The summed E-state index contributed by atoms with van der Waals surface area (Å²) in [5, 5.41) is 3.42. The molecule has 2 N–H and O–H groups in total. The molecule has 0 aliphatic rings. The minimum atomic E-state index is -0.333. The summed E-state index contributed by atoms with van der Waals surface area (Å²) in [6, 6.07) is 5.39. The molecule has 0 spiro atoms. The van der Waals surface area contributed by atoms with E-state index in [1.165, 1.54) is 13.1 Å². The van der Waals surface area contributed by atoms with E-state index in [1.807, 2.05) is 6.07 Å². The predicted octanol–water partition coefficient (Wildman–Crippen LogP) is 1.05. The number of methoxy groups -OCH3 is 1. The first-order valence-corrected chi connectivity index (χ1v) is 4.71. The highest BCUT2D eigenvalue weighted by Gasteiger charge is 2.05. The van der Waals surface area contributed by atoms with Crippen LogP contribution in [0, 0.1) is 0 Å². The smallest absolute Gasteiger partial charge is 0.302 e. The van der Waals surface area contributed by atoms with E-state index in [-0.39, 0.29) is 12.6 Å². The van der Waals surface area contributed by atoms with Crippen molar-refractivity contribution in [3.63, 3.8) is 0 Å². The Hall–Kier alpha value is -2.04. The van der Waals surface area contributed by atoms with Gasteiger partial charge in [-0.25, -0.2) is 0 Å². The van der Waals surface area contributed by atoms with Crippen molar-refractivity contribution in [2.24, 2.45) is 10.9 Å². The highest BCUT2D eigenvalue weighted by atomic mass is 16.5. The lowest BCUT2D eigenvalue weighted by Gasteiger charge is -2.09. The van der Waals surface area contributed by atoms with Crippen molar-refractivity contribution in [1.82, 2.24) is 0 Å². The molecule has 86 valence electrons. The monoisotopic (exact) mass is 222 g/mol. The van der Waals surface area contributed by atoms with E-state index in [9.17, 15) is 4.79 Å². The molecule has 0 bridgehead atoms. The lowest BCUT2D eigenvalue weighted by Crippen LogP contribution is -2.01. The van der Waals surface area contributed by atoms with Crippen LogP contribution >= 0.6 is 0 Å². The van der Waals surface area contributed by atoms with Crippen molar-refractivity contribution in [3.8, 4) is 5.75 Å². The summed E-state index contributed by atoms with van der Waals surface area (Å²) in [6.07, 6.45) is 1.51. The quantitative estimate of drug-likeness (QED) is 0.357. The molecular formula is C11H14N2O3. The second kappa shape index (κ2) is 5.75. The van der Waals surface area contributed by atoms with Gasteiger partial charge in [0.05, 0.1) is 13.3 Å². The number of hydrogen-bond donors (Lipinski definition) is 1. The molecule has 0 aromatic heterocycles. The topological polar surface area (TPSA) is 73.9 Å². The summed E-state index contributed by atoms with van der Waals surface area (Å²) in [6.45, 7) is 1.53. The van der Waals surface area contributed by atoms with Gasteiger partial charge in [0.15, 0.2) is 0 Å². The number of carbonyl (C=O) groups is 1. The minimum Gasteiger partial charge on any atom is -0.496 e. The maximum absolute atomic E-state index is 10.7. The SMILES string of the molecule is COc1ccc(C=NN)cc1COC(C)=O. The Morgan fingerprint density at radius 1 is 1.56 bits per heavy atom. The Morgan fingerprint density at radius 2 is 2.31 bits per heavy atom. The molecule has 1 aromatic carbocycles. The predicted molar refractivity (Wildman–Crippen MR) is 60.2 cm³/mol. The van der Waals surface area contributed by atoms with Crippen molar-refractivity contribution < 1.29 is 14.3 Å². The minimum absolute atomic E-state index is 0.171. The van der Waals surface area contributed by atoms with Crippen LogP contribution in [-0.2, 0) is 16.1 Å². The summed E-state index contributed by atoms with van der Waals surface area (Å²) in [5.41, 5.74) is 1.60. The third kappa shape index (κ3) is 3.27. The maximum atomic E-state index is 10.7. The number of benzene rings is 1. The van der Waals surface area contributed by atoms with Gasteiger partial charge in [-0.2, -0.15) is 5.10 Å². The number of nitrogens with zero attached hydrogens (tertiary/aromatic N) is 1. The van der Waals surface area contributed by atoms with Crippen LogP contribution < -0.4 is 10.6 Å². The molecule has 0 radical (unpaired) electrons. The highest BCUT2D eigenvalue weighted by Crippen LogP contribution is 2.20. The molecule has 0 unspecified atom stereocenters. The fraction of sp³-hybridized carbons (Fsp3) is 0.273. The number of carbonyl (C=O) groups excluding carboxylic acids is 1. The van der Waals surface area contributed by atoms with Gasteiger partial charge in [-0.3, -0.25) is 4.79 Å². The molecule has 0 saturated carbocycles. The van der Waals surface area contributed by atoms with E-state index < -0.39 is 0 Å². The fourth-order valence-electron chi connectivity index (χ4n) is 1.26. The largest absolute Gasteiger partial charge is 0.496 e. The third-order valence-electron chi connectivity index (χ3n) is 1.96. The van der Waals surface area contributed by atoms with Gasteiger partial charge in [-0.15, -0.1) is 0 Å². The van der Waals surface area contributed by atoms with Crippen LogP contribution in [-0.4, -0.2) is 19.3 Å². The zero-order valence-electron chi connectivity index (χ0n) is 9.27. The third-order valence-corrected chi connectivity index (χ3v) is 1.96. The van der Waals surface area contributed by atoms with Gasteiger partial charge < -0.3 is 15.3 Å². The molecule has 0 fully saturated rings. The molecular weight excluding hydrogens is 208 g/mol. The van der Waals surface area contributed by atoms with Crippen LogP contribution in [0.4, 0.5) is 0 Å². The fourth-order valence-corrected chi connectivity index (χ4v) is 1.26. The van der Waals surface area contributed by atoms with E-state index in [0.717, 1.165) is 11.1 Å². The van der Waals surface area contributed by atoms with Crippen LogP contribution in [0.1, 0.15) is 18.1 Å². The Morgan fingerprint density at radius 3 is 2.88 bits per heavy atom. The number of ether oxygens (including phenoxy) is 2. The van der Waals surface area contributed by atoms with Gasteiger partial charge in [-0.05, 0) is 23.8 Å². The molecule has 5 nitrogen and oxygen atoms in total. The summed E-state index contributed by atoms with van der Waals surface area (Å²) >= 11 is 0. The second-order valence-electron chi connectivity index (χ2n) is 3.13. The Labute approximate surface area is 93.9 Å². The van der Waals surface area contributed by atoms with E-state index in [1.54, 1.807) is 19.2 Å². The number of hydrazone groups is 1. The summed E-state index contributed by atoms with van der Waals surface area (Å²) in [7, 11) is 1.56. The average molecular weight is 222 g/mol. The number of nitrogens with two attached hydrogens (primary N) is 1. The van der Waals surface area contributed by atoms with Crippen molar-refractivity contribution in [2.45, 2.75) is 13.5 Å². The first-order chi connectivity index (χ1) is 7.67. The standard InChI is InChI=1S/C11H14N2O3/c1-8(14)16-7-10-5-9(6-13-12)3-4-11(10)15-2/h3-6H,7,12H2,1-2H3. The van der Waals surface area contributed by atoms with Gasteiger partial charge in [0.2, 0.25) is 0 Å². The molecule has 0 saturated heterocycles. The number of esters is 1. The summed E-state index contributed by atoms with van der Waals surface area (Å²) in [5.74, 6) is 5.39. The zero-order valence-corrected chi connectivity index (χ0v) is 9.27. The van der Waals surface area contributed by atoms with Crippen LogP contribution in [0.5, 0.6) is 5.75 Å². The molecule has 0 heterocycles. The molecule has 0 atom stereocenters. The molecule has 16 heavy (non-hydrogen) atoms. The van der Waals surface area contributed by atoms with Crippen LogP contribution in [0.2, 0.25) is 0 Å². The summed E-state index contributed by atoms with van der Waals surface area (Å²) < 4.78 is 10.1. The maximum Gasteiger partial charge on any atom is 0.302 e. The number of rotatable bonds is 4. The van der Waals surface area contributed by atoms with Crippen molar-refractivity contribution >= 4 is 12.2 Å². The lowest BCUT2D eigenvalue weighted by molar-refractivity contribution is -0.142. The molecule has 5 heteroatoms. The van der Waals surface area contributed by atoms with Crippen LogP contribution in [0.3, 0.4) is 0 Å². The van der Waals surface area contributed by atoms with Gasteiger partial charge >= 0.3 is 5.97 Å².